The van der Waals surface area contributed by atoms with Crippen molar-refractivity contribution in [1.82, 2.24) is 15.1 Å². The van der Waals surface area contributed by atoms with E-state index in [1.807, 2.05) is 4.68 Å². The zero-order valence-corrected chi connectivity index (χ0v) is 15.0. The summed E-state index contributed by atoms with van der Waals surface area (Å²) in [4.78, 5) is 23.1. The summed E-state index contributed by atoms with van der Waals surface area (Å²) in [6.07, 6.45) is 4.98. The molecule has 0 radical (unpaired) electrons. The minimum absolute atomic E-state index is 0.227. The Labute approximate surface area is 152 Å². The summed E-state index contributed by atoms with van der Waals surface area (Å²) in [5.74, 6) is -0.487. The number of carboxylic acid groups (broad SMARTS) is 1. The minimum atomic E-state index is -0.965. The lowest BCUT2D eigenvalue weighted by atomic mass is 10.1. The molecule has 0 aliphatic heterocycles. The molecule has 7 nitrogen and oxygen atoms in total. The lowest BCUT2D eigenvalue weighted by Crippen LogP contribution is -2.28. The van der Waals surface area contributed by atoms with E-state index in [9.17, 15) is 9.59 Å². The zero-order valence-electron chi connectivity index (χ0n) is 15.0. The molecule has 2 amide bonds. The molecule has 1 heterocycles. The molecule has 1 aromatic heterocycles. The number of anilines is 1. The number of carbonyl (C=O) groups is 2. The van der Waals surface area contributed by atoms with E-state index in [4.69, 9.17) is 5.11 Å². The summed E-state index contributed by atoms with van der Waals surface area (Å²) in [5, 5.41) is 19.1. The Morgan fingerprint density at radius 2 is 2.00 bits per heavy atom. The number of aromatic carboxylic acids is 1. The van der Waals surface area contributed by atoms with Gasteiger partial charge in [-0.05, 0) is 43.9 Å². The Bertz CT molecular complexity index is 794. The molecule has 3 rings (SSSR count). The van der Waals surface area contributed by atoms with E-state index in [0.717, 1.165) is 36.2 Å². The van der Waals surface area contributed by atoms with Gasteiger partial charge < -0.3 is 15.7 Å². The van der Waals surface area contributed by atoms with Gasteiger partial charge in [-0.3, -0.25) is 4.68 Å². The normalized spacial score (nSPS) is 14.7. The van der Waals surface area contributed by atoms with Crippen LogP contribution in [0.25, 0.3) is 0 Å². The van der Waals surface area contributed by atoms with Gasteiger partial charge in [0.2, 0.25) is 0 Å². The number of nitrogens with zero attached hydrogens (tertiary/aromatic N) is 2. The number of carbonyl (C=O) groups excluding carboxylic acids is 1. The van der Waals surface area contributed by atoms with Crippen LogP contribution in [0.3, 0.4) is 0 Å². The van der Waals surface area contributed by atoms with E-state index in [-0.39, 0.29) is 11.6 Å². The smallest absolute Gasteiger partial charge is 0.335 e. The molecule has 0 bridgehead atoms. The Hall–Kier alpha value is -2.83. The second-order valence-corrected chi connectivity index (χ2v) is 6.73. The molecule has 3 N–H and O–H groups in total. The molecule has 1 unspecified atom stereocenters. The van der Waals surface area contributed by atoms with Crippen LogP contribution >= 0.6 is 0 Å². The summed E-state index contributed by atoms with van der Waals surface area (Å²) >= 11 is 0. The first kappa shape index (κ1) is 18.0. The first-order valence-electron chi connectivity index (χ1n) is 8.94. The summed E-state index contributed by atoms with van der Waals surface area (Å²) < 4.78 is 2.03. The Balaban J connectivity index is 1.61. The van der Waals surface area contributed by atoms with Gasteiger partial charge in [-0.15, -0.1) is 0 Å². The molecule has 1 aliphatic carbocycles. The number of benzene rings is 1. The van der Waals surface area contributed by atoms with Crippen molar-refractivity contribution in [2.45, 2.75) is 51.6 Å². The van der Waals surface area contributed by atoms with Gasteiger partial charge in [-0.2, -0.15) is 5.10 Å². The third kappa shape index (κ3) is 4.04. The molecular weight excluding hydrogens is 332 g/mol. The fourth-order valence-electron chi connectivity index (χ4n) is 2.87. The molecule has 2 aromatic rings. The summed E-state index contributed by atoms with van der Waals surface area (Å²) in [6.45, 7) is 4.58. The number of rotatable bonds is 7. The lowest BCUT2D eigenvalue weighted by molar-refractivity contribution is 0.0697. The van der Waals surface area contributed by atoms with Gasteiger partial charge in [-0.1, -0.05) is 19.1 Å². The second kappa shape index (κ2) is 7.59. The highest BCUT2D eigenvalue weighted by molar-refractivity contribution is 5.90. The van der Waals surface area contributed by atoms with Crippen LogP contribution in [0.4, 0.5) is 10.5 Å². The molecule has 1 atom stereocenters. The van der Waals surface area contributed by atoms with Crippen molar-refractivity contribution in [1.29, 1.82) is 0 Å². The van der Waals surface area contributed by atoms with Crippen LogP contribution in [0.5, 0.6) is 0 Å². The number of hydrogen-bond acceptors (Lipinski definition) is 3. The standard InChI is InChI=1S/C19H24N4O3/c1-3-12(2)23-17(14-8-9-14)16(11-21-23)22-19(26)20-10-13-4-6-15(7-5-13)18(24)25/h4-7,11-12,14H,3,8-10H2,1-2H3,(H,24,25)(H2,20,22,26). The summed E-state index contributed by atoms with van der Waals surface area (Å²) in [6, 6.07) is 6.45. The van der Waals surface area contributed by atoms with Crippen molar-refractivity contribution in [2.75, 3.05) is 5.32 Å². The number of aromatic nitrogens is 2. The molecule has 0 saturated heterocycles. The van der Waals surface area contributed by atoms with E-state index in [1.54, 1.807) is 18.3 Å². The second-order valence-electron chi connectivity index (χ2n) is 6.73. The number of hydrogen-bond donors (Lipinski definition) is 3. The summed E-state index contributed by atoms with van der Waals surface area (Å²) in [7, 11) is 0. The largest absolute Gasteiger partial charge is 0.478 e. The number of amides is 2. The Morgan fingerprint density at radius 1 is 1.31 bits per heavy atom. The number of nitrogens with one attached hydrogen (secondary N) is 2. The van der Waals surface area contributed by atoms with Crippen LogP contribution in [0, 0.1) is 0 Å². The minimum Gasteiger partial charge on any atom is -0.478 e. The zero-order chi connectivity index (χ0) is 18.7. The maximum absolute atomic E-state index is 12.3. The molecule has 0 spiro atoms. The van der Waals surface area contributed by atoms with E-state index in [0.29, 0.717) is 18.5 Å². The fraction of sp³-hybridized carbons (Fsp3) is 0.421. The molecule has 1 aliphatic rings. The lowest BCUT2D eigenvalue weighted by Gasteiger charge is -2.15. The molecule has 138 valence electrons. The van der Waals surface area contributed by atoms with Crippen LogP contribution in [-0.4, -0.2) is 26.9 Å². The molecule has 1 fully saturated rings. The maximum Gasteiger partial charge on any atom is 0.335 e. The average Bonchev–Trinajstić information content (AvgIpc) is 3.40. The number of carboxylic acids is 1. The van der Waals surface area contributed by atoms with E-state index < -0.39 is 5.97 Å². The van der Waals surface area contributed by atoms with Crippen LogP contribution in [-0.2, 0) is 6.54 Å². The average molecular weight is 356 g/mol. The van der Waals surface area contributed by atoms with Crippen molar-refractivity contribution >= 4 is 17.7 Å². The predicted molar refractivity (Wildman–Crippen MR) is 98.5 cm³/mol. The molecule has 26 heavy (non-hydrogen) atoms. The van der Waals surface area contributed by atoms with Crippen molar-refractivity contribution in [3.63, 3.8) is 0 Å². The fourth-order valence-corrected chi connectivity index (χ4v) is 2.87. The van der Waals surface area contributed by atoms with Gasteiger partial charge in [-0.25, -0.2) is 9.59 Å². The SMILES string of the molecule is CCC(C)n1ncc(NC(=O)NCc2ccc(C(=O)O)cc2)c1C1CC1. The highest BCUT2D eigenvalue weighted by Gasteiger charge is 2.31. The van der Waals surface area contributed by atoms with E-state index in [1.165, 1.54) is 12.1 Å². The first-order valence-corrected chi connectivity index (χ1v) is 8.94. The van der Waals surface area contributed by atoms with Gasteiger partial charge >= 0.3 is 12.0 Å². The van der Waals surface area contributed by atoms with Gasteiger partial charge in [0.25, 0.3) is 0 Å². The highest BCUT2D eigenvalue weighted by atomic mass is 16.4. The molecule has 1 aromatic carbocycles. The van der Waals surface area contributed by atoms with E-state index >= 15 is 0 Å². The Kier molecular flexibility index (Phi) is 5.25. The predicted octanol–water partition coefficient (Wildman–Crippen LogP) is 3.75. The van der Waals surface area contributed by atoms with Crippen molar-refractivity contribution in [3.05, 3.63) is 47.3 Å². The van der Waals surface area contributed by atoms with Crippen molar-refractivity contribution in [3.8, 4) is 0 Å². The van der Waals surface area contributed by atoms with Gasteiger partial charge in [0.1, 0.15) is 0 Å². The number of urea groups is 1. The van der Waals surface area contributed by atoms with Gasteiger partial charge in [0.15, 0.2) is 0 Å². The third-order valence-electron chi connectivity index (χ3n) is 4.71. The van der Waals surface area contributed by atoms with Gasteiger partial charge in [0, 0.05) is 18.5 Å². The molecule has 7 heteroatoms. The third-order valence-corrected chi connectivity index (χ3v) is 4.71. The van der Waals surface area contributed by atoms with E-state index in [2.05, 4.69) is 29.6 Å². The maximum atomic E-state index is 12.3. The van der Waals surface area contributed by atoms with Crippen LogP contribution < -0.4 is 10.6 Å². The van der Waals surface area contributed by atoms with Crippen LogP contribution in [0.15, 0.2) is 30.5 Å². The Morgan fingerprint density at radius 3 is 2.58 bits per heavy atom. The molecule has 1 saturated carbocycles. The monoisotopic (exact) mass is 356 g/mol. The first-order chi connectivity index (χ1) is 12.5. The van der Waals surface area contributed by atoms with Gasteiger partial charge in [0.05, 0.1) is 23.1 Å². The van der Waals surface area contributed by atoms with Crippen molar-refractivity contribution in [2.24, 2.45) is 0 Å². The highest BCUT2D eigenvalue weighted by Crippen LogP contribution is 2.44. The van der Waals surface area contributed by atoms with Crippen LogP contribution in [0.2, 0.25) is 0 Å². The van der Waals surface area contributed by atoms with Crippen LogP contribution in [0.1, 0.15) is 66.7 Å². The topological polar surface area (TPSA) is 96.3 Å². The molecular formula is C19H24N4O3. The summed E-state index contributed by atoms with van der Waals surface area (Å²) in [5.41, 5.74) is 2.94. The quantitative estimate of drug-likeness (QED) is 0.704. The van der Waals surface area contributed by atoms with Crippen molar-refractivity contribution < 1.29 is 14.7 Å².